The van der Waals surface area contributed by atoms with E-state index in [2.05, 4.69) is 10.2 Å². The summed E-state index contributed by atoms with van der Waals surface area (Å²) in [6.07, 6.45) is 0. The standard InChI is InChI=1S/C13H8Cl2N2/c14-8-5-6-9(11(15)7-8)13-10-3-1-2-4-12(10)16-17-13/h1-7H,(H,16,17). The van der Waals surface area contributed by atoms with E-state index in [4.69, 9.17) is 23.2 Å². The molecule has 1 aromatic heterocycles. The smallest absolute Gasteiger partial charge is 0.101 e. The second-order valence-corrected chi connectivity index (χ2v) is 4.59. The Morgan fingerprint density at radius 1 is 1.00 bits per heavy atom. The predicted octanol–water partition coefficient (Wildman–Crippen LogP) is 4.54. The van der Waals surface area contributed by atoms with E-state index in [1.165, 1.54) is 0 Å². The molecule has 0 saturated carbocycles. The predicted molar refractivity (Wildman–Crippen MR) is 71.5 cm³/mol. The van der Waals surface area contributed by atoms with E-state index < -0.39 is 0 Å². The Bertz CT molecular complexity index is 689. The van der Waals surface area contributed by atoms with Crippen LogP contribution in [0.25, 0.3) is 22.2 Å². The summed E-state index contributed by atoms with van der Waals surface area (Å²) in [5.41, 5.74) is 2.73. The van der Waals surface area contributed by atoms with Gasteiger partial charge in [0.05, 0.1) is 10.5 Å². The number of nitrogens with zero attached hydrogens (tertiary/aromatic N) is 1. The summed E-state index contributed by atoms with van der Waals surface area (Å²) < 4.78 is 0. The molecule has 0 aliphatic rings. The van der Waals surface area contributed by atoms with Crippen molar-refractivity contribution in [2.75, 3.05) is 0 Å². The Hall–Kier alpha value is -1.51. The lowest BCUT2D eigenvalue weighted by Crippen LogP contribution is -1.80. The SMILES string of the molecule is Clc1ccc(-c2n[nH]c3ccccc23)c(Cl)c1. The number of rotatable bonds is 1. The van der Waals surface area contributed by atoms with Crippen LogP contribution in [0.2, 0.25) is 10.0 Å². The largest absolute Gasteiger partial charge is 0.277 e. The number of fused-ring (bicyclic) bond motifs is 1. The van der Waals surface area contributed by atoms with Crippen molar-refractivity contribution in [3.8, 4) is 11.3 Å². The second kappa shape index (κ2) is 4.06. The van der Waals surface area contributed by atoms with Crippen molar-refractivity contribution in [1.29, 1.82) is 0 Å². The molecule has 0 aliphatic heterocycles. The topological polar surface area (TPSA) is 28.7 Å². The number of aromatic nitrogens is 2. The van der Waals surface area contributed by atoms with Gasteiger partial charge in [-0.2, -0.15) is 5.10 Å². The highest BCUT2D eigenvalue weighted by atomic mass is 35.5. The molecule has 1 N–H and O–H groups in total. The number of benzene rings is 2. The molecule has 0 amide bonds. The highest BCUT2D eigenvalue weighted by Crippen LogP contribution is 2.33. The third kappa shape index (κ3) is 1.79. The van der Waals surface area contributed by atoms with Crippen LogP contribution >= 0.6 is 23.2 Å². The monoisotopic (exact) mass is 262 g/mol. The molecule has 0 fully saturated rings. The van der Waals surface area contributed by atoms with Crippen LogP contribution in [-0.4, -0.2) is 10.2 Å². The average Bonchev–Trinajstić information content (AvgIpc) is 2.73. The molecule has 17 heavy (non-hydrogen) atoms. The van der Waals surface area contributed by atoms with E-state index in [1.807, 2.05) is 36.4 Å². The number of halogens is 2. The van der Waals surface area contributed by atoms with Crippen LogP contribution in [0.3, 0.4) is 0 Å². The lowest BCUT2D eigenvalue weighted by molar-refractivity contribution is 1.12. The maximum atomic E-state index is 6.18. The van der Waals surface area contributed by atoms with Crippen molar-refractivity contribution in [1.82, 2.24) is 10.2 Å². The Morgan fingerprint density at radius 3 is 2.65 bits per heavy atom. The van der Waals surface area contributed by atoms with Gasteiger partial charge in [-0.1, -0.05) is 41.4 Å². The molecule has 3 rings (SSSR count). The molecule has 2 nitrogen and oxygen atoms in total. The van der Waals surface area contributed by atoms with E-state index in [-0.39, 0.29) is 0 Å². The van der Waals surface area contributed by atoms with Crippen molar-refractivity contribution in [2.24, 2.45) is 0 Å². The van der Waals surface area contributed by atoms with Crippen LogP contribution in [0.5, 0.6) is 0 Å². The maximum Gasteiger partial charge on any atom is 0.101 e. The molecule has 84 valence electrons. The molecule has 0 spiro atoms. The molecule has 0 aliphatic carbocycles. The molecule has 1 heterocycles. The summed E-state index contributed by atoms with van der Waals surface area (Å²) in [5.74, 6) is 0. The van der Waals surface area contributed by atoms with Gasteiger partial charge in [-0.3, -0.25) is 5.10 Å². The Balaban J connectivity index is 2.27. The Labute approximate surface area is 108 Å². The van der Waals surface area contributed by atoms with Gasteiger partial charge >= 0.3 is 0 Å². The fourth-order valence-corrected chi connectivity index (χ4v) is 2.35. The van der Waals surface area contributed by atoms with Crippen LogP contribution in [0, 0.1) is 0 Å². The zero-order valence-electron chi connectivity index (χ0n) is 8.74. The van der Waals surface area contributed by atoms with Crippen LogP contribution < -0.4 is 0 Å². The number of nitrogens with one attached hydrogen (secondary N) is 1. The van der Waals surface area contributed by atoms with Gasteiger partial charge < -0.3 is 0 Å². The summed E-state index contributed by atoms with van der Waals surface area (Å²) >= 11 is 12.1. The third-order valence-electron chi connectivity index (χ3n) is 2.66. The summed E-state index contributed by atoms with van der Waals surface area (Å²) in [6, 6.07) is 13.4. The Kier molecular flexibility index (Phi) is 2.54. The summed E-state index contributed by atoms with van der Waals surface area (Å²) in [7, 11) is 0. The number of hydrogen-bond donors (Lipinski definition) is 1. The quantitative estimate of drug-likeness (QED) is 0.686. The number of H-pyrrole nitrogens is 1. The van der Waals surface area contributed by atoms with Crippen molar-refractivity contribution >= 4 is 34.1 Å². The summed E-state index contributed by atoms with van der Waals surface area (Å²) in [5, 5.41) is 9.57. The van der Waals surface area contributed by atoms with Gasteiger partial charge in [0.1, 0.15) is 5.69 Å². The van der Waals surface area contributed by atoms with Crippen LogP contribution in [0.4, 0.5) is 0 Å². The maximum absolute atomic E-state index is 6.18. The highest BCUT2D eigenvalue weighted by Gasteiger charge is 2.10. The van der Waals surface area contributed by atoms with E-state index in [0.29, 0.717) is 10.0 Å². The molecule has 0 bridgehead atoms. The minimum Gasteiger partial charge on any atom is -0.277 e. The summed E-state index contributed by atoms with van der Waals surface area (Å²) in [4.78, 5) is 0. The first-order chi connectivity index (χ1) is 8.25. The van der Waals surface area contributed by atoms with Crippen LogP contribution in [0.1, 0.15) is 0 Å². The van der Waals surface area contributed by atoms with Gasteiger partial charge in [0.25, 0.3) is 0 Å². The normalized spacial score (nSPS) is 10.9. The number of para-hydroxylation sites is 1. The van der Waals surface area contributed by atoms with Crippen molar-refractivity contribution in [3.63, 3.8) is 0 Å². The summed E-state index contributed by atoms with van der Waals surface area (Å²) in [6.45, 7) is 0. The van der Waals surface area contributed by atoms with Crippen molar-refractivity contribution in [2.45, 2.75) is 0 Å². The van der Waals surface area contributed by atoms with Crippen molar-refractivity contribution < 1.29 is 0 Å². The zero-order chi connectivity index (χ0) is 11.8. The average molecular weight is 263 g/mol. The Morgan fingerprint density at radius 2 is 1.82 bits per heavy atom. The first-order valence-corrected chi connectivity index (χ1v) is 5.90. The number of hydrogen-bond acceptors (Lipinski definition) is 1. The second-order valence-electron chi connectivity index (χ2n) is 3.74. The van der Waals surface area contributed by atoms with Crippen LogP contribution in [-0.2, 0) is 0 Å². The van der Waals surface area contributed by atoms with Crippen molar-refractivity contribution in [3.05, 3.63) is 52.5 Å². The first-order valence-electron chi connectivity index (χ1n) is 5.14. The van der Waals surface area contributed by atoms with Gasteiger partial charge in [-0.15, -0.1) is 0 Å². The minimum absolute atomic E-state index is 0.606. The van der Waals surface area contributed by atoms with Gasteiger partial charge in [0, 0.05) is 16.0 Å². The minimum atomic E-state index is 0.606. The van der Waals surface area contributed by atoms with E-state index in [9.17, 15) is 0 Å². The van der Waals surface area contributed by atoms with Gasteiger partial charge in [-0.25, -0.2) is 0 Å². The van der Waals surface area contributed by atoms with E-state index in [0.717, 1.165) is 22.2 Å². The molecule has 0 unspecified atom stereocenters. The van der Waals surface area contributed by atoms with Gasteiger partial charge in [0.15, 0.2) is 0 Å². The van der Waals surface area contributed by atoms with Gasteiger partial charge in [0.2, 0.25) is 0 Å². The molecule has 3 aromatic rings. The molecule has 4 heteroatoms. The number of aromatic amines is 1. The molecule has 0 atom stereocenters. The molecule has 0 saturated heterocycles. The van der Waals surface area contributed by atoms with Crippen LogP contribution in [0.15, 0.2) is 42.5 Å². The van der Waals surface area contributed by atoms with E-state index in [1.54, 1.807) is 6.07 Å². The highest BCUT2D eigenvalue weighted by molar-refractivity contribution is 6.36. The molecular formula is C13H8Cl2N2. The lowest BCUT2D eigenvalue weighted by atomic mass is 10.1. The zero-order valence-corrected chi connectivity index (χ0v) is 10.3. The first kappa shape index (κ1) is 10.6. The molecular weight excluding hydrogens is 255 g/mol. The van der Waals surface area contributed by atoms with Gasteiger partial charge in [-0.05, 0) is 24.3 Å². The third-order valence-corrected chi connectivity index (χ3v) is 3.20. The fraction of sp³-hybridized carbons (Fsp3) is 0. The van der Waals surface area contributed by atoms with E-state index >= 15 is 0 Å². The lowest BCUT2D eigenvalue weighted by Gasteiger charge is -2.01. The fourth-order valence-electron chi connectivity index (χ4n) is 1.85. The molecule has 2 aromatic carbocycles. The molecule has 0 radical (unpaired) electrons.